The van der Waals surface area contributed by atoms with Crippen molar-refractivity contribution < 1.29 is 4.42 Å². The number of para-hydroxylation sites is 1. The van der Waals surface area contributed by atoms with Crippen molar-refractivity contribution in [1.29, 1.82) is 0 Å². The molecule has 0 radical (unpaired) electrons. The van der Waals surface area contributed by atoms with E-state index in [-0.39, 0.29) is 0 Å². The molecule has 8 rings (SSSR count). The molecular weight excluding hydrogens is 470 g/mol. The molecule has 37 heavy (non-hydrogen) atoms. The van der Waals surface area contributed by atoms with Crippen LogP contribution in [0.4, 0.5) is 17.1 Å². The normalized spacial score (nSPS) is 11.8. The van der Waals surface area contributed by atoms with Crippen LogP contribution < -0.4 is 4.90 Å². The number of hydrogen-bond acceptors (Lipinski definition) is 3. The van der Waals surface area contributed by atoms with Crippen LogP contribution in [0.15, 0.2) is 132 Å². The van der Waals surface area contributed by atoms with E-state index in [9.17, 15) is 0 Å². The summed E-state index contributed by atoms with van der Waals surface area (Å²) in [6.45, 7) is 0. The Morgan fingerprint density at radius 1 is 0.486 bits per heavy atom. The lowest BCUT2D eigenvalue weighted by molar-refractivity contribution is 0.669. The molecule has 0 N–H and O–H groups in total. The monoisotopic (exact) mass is 491 g/mol. The predicted molar refractivity (Wildman–Crippen MR) is 159 cm³/mol. The van der Waals surface area contributed by atoms with Gasteiger partial charge in [0.15, 0.2) is 0 Å². The zero-order valence-corrected chi connectivity index (χ0v) is 20.7. The summed E-state index contributed by atoms with van der Waals surface area (Å²) < 4.78 is 8.90. The van der Waals surface area contributed by atoms with E-state index in [1.54, 1.807) is 0 Å². The quantitative estimate of drug-likeness (QED) is 0.244. The summed E-state index contributed by atoms with van der Waals surface area (Å²) in [4.78, 5) is 2.38. The second-order valence-corrected chi connectivity index (χ2v) is 10.4. The first-order valence-electron chi connectivity index (χ1n) is 12.4. The van der Waals surface area contributed by atoms with E-state index in [0.717, 1.165) is 27.9 Å². The highest BCUT2D eigenvalue weighted by Crippen LogP contribution is 2.46. The Morgan fingerprint density at radius 3 is 2.16 bits per heavy atom. The highest BCUT2D eigenvalue weighted by molar-refractivity contribution is 7.26. The summed E-state index contributed by atoms with van der Waals surface area (Å²) in [5.74, 6) is 0. The van der Waals surface area contributed by atoms with Gasteiger partial charge in [0.05, 0.1) is 5.69 Å². The van der Waals surface area contributed by atoms with Crippen molar-refractivity contribution >= 4 is 81.3 Å². The molecule has 2 nitrogen and oxygen atoms in total. The molecule has 0 aliphatic heterocycles. The summed E-state index contributed by atoms with van der Waals surface area (Å²) in [7, 11) is 0. The van der Waals surface area contributed by atoms with Gasteiger partial charge in [-0.2, -0.15) is 0 Å². The van der Waals surface area contributed by atoms with E-state index in [2.05, 4.69) is 132 Å². The molecule has 0 unspecified atom stereocenters. The van der Waals surface area contributed by atoms with Crippen molar-refractivity contribution in [1.82, 2.24) is 0 Å². The zero-order valence-electron chi connectivity index (χ0n) is 19.9. The summed E-state index contributed by atoms with van der Waals surface area (Å²) in [5, 5.41) is 7.31. The van der Waals surface area contributed by atoms with Gasteiger partial charge in [-0.05, 0) is 65.4 Å². The third-order valence-electron chi connectivity index (χ3n) is 7.24. The fourth-order valence-electron chi connectivity index (χ4n) is 5.62. The Hall–Kier alpha value is -4.60. The van der Waals surface area contributed by atoms with Gasteiger partial charge in [-0.1, -0.05) is 72.8 Å². The average molecular weight is 492 g/mol. The highest BCUT2D eigenvalue weighted by Gasteiger charge is 2.20. The first-order valence-corrected chi connectivity index (χ1v) is 13.3. The van der Waals surface area contributed by atoms with Crippen LogP contribution in [0.3, 0.4) is 0 Å². The predicted octanol–water partition coefficient (Wildman–Crippen LogP) is 10.6. The Morgan fingerprint density at radius 2 is 1.24 bits per heavy atom. The van der Waals surface area contributed by atoms with E-state index in [1.807, 2.05) is 11.3 Å². The second-order valence-electron chi connectivity index (χ2n) is 9.36. The van der Waals surface area contributed by atoms with Gasteiger partial charge in [0.2, 0.25) is 0 Å². The van der Waals surface area contributed by atoms with Crippen molar-refractivity contribution in [3.05, 3.63) is 127 Å². The summed E-state index contributed by atoms with van der Waals surface area (Å²) in [6, 6.07) is 45.3. The van der Waals surface area contributed by atoms with Crippen molar-refractivity contribution in [2.24, 2.45) is 0 Å². The van der Waals surface area contributed by atoms with Gasteiger partial charge in [-0.3, -0.25) is 0 Å². The molecule has 6 aromatic carbocycles. The third-order valence-corrected chi connectivity index (χ3v) is 8.37. The molecule has 0 aliphatic rings. The molecule has 8 aromatic rings. The zero-order chi connectivity index (χ0) is 24.3. The molecule has 0 spiro atoms. The van der Waals surface area contributed by atoms with Crippen LogP contribution in [0.2, 0.25) is 0 Å². The Labute approximate surface area is 217 Å². The minimum absolute atomic E-state index is 0.905. The molecule has 0 atom stereocenters. The van der Waals surface area contributed by atoms with Gasteiger partial charge < -0.3 is 9.32 Å². The lowest BCUT2D eigenvalue weighted by Crippen LogP contribution is -2.10. The minimum Gasteiger partial charge on any atom is -0.456 e. The van der Waals surface area contributed by atoms with Crippen LogP contribution in [-0.2, 0) is 0 Å². The van der Waals surface area contributed by atoms with Crippen molar-refractivity contribution in [3.8, 4) is 0 Å². The fourth-order valence-corrected chi connectivity index (χ4v) is 6.75. The smallest absolute Gasteiger partial charge is 0.136 e. The Balaban J connectivity index is 1.45. The van der Waals surface area contributed by atoms with Crippen LogP contribution in [0.1, 0.15) is 0 Å². The molecule has 3 heteroatoms. The van der Waals surface area contributed by atoms with Crippen LogP contribution >= 0.6 is 11.3 Å². The number of nitrogens with zero attached hydrogens (tertiary/aromatic N) is 1. The lowest BCUT2D eigenvalue weighted by Gasteiger charge is -2.26. The molecule has 0 fully saturated rings. The van der Waals surface area contributed by atoms with Crippen LogP contribution in [-0.4, -0.2) is 0 Å². The maximum atomic E-state index is 6.31. The Kier molecular flexibility index (Phi) is 4.42. The Bertz CT molecular complexity index is 2100. The maximum absolute atomic E-state index is 6.31. The second kappa shape index (κ2) is 7.95. The van der Waals surface area contributed by atoms with Gasteiger partial charge in [0, 0.05) is 42.3 Å². The summed E-state index contributed by atoms with van der Waals surface area (Å²) in [5.41, 5.74) is 5.24. The molecule has 2 aromatic heterocycles. The molecule has 174 valence electrons. The number of anilines is 3. The molecule has 0 saturated heterocycles. The van der Waals surface area contributed by atoms with Crippen LogP contribution in [0.5, 0.6) is 0 Å². The molecule has 0 aliphatic carbocycles. The van der Waals surface area contributed by atoms with Crippen LogP contribution in [0, 0.1) is 0 Å². The summed E-state index contributed by atoms with van der Waals surface area (Å²) >= 11 is 1.85. The standard InChI is InChI=1S/C34H21NOS/c1-2-10-23(11-3-1)35(28-14-8-16-32-34(28)26-13-6-7-15-31(26)37-32)24-18-20-29-27(21-24)33-25-12-5-4-9-22(25)17-19-30(33)36-29/h1-21H. The maximum Gasteiger partial charge on any atom is 0.136 e. The van der Waals surface area contributed by atoms with Gasteiger partial charge in [0.25, 0.3) is 0 Å². The number of fused-ring (bicyclic) bond motifs is 8. The minimum atomic E-state index is 0.905. The van der Waals surface area contributed by atoms with E-state index in [1.165, 1.54) is 42.0 Å². The lowest BCUT2D eigenvalue weighted by atomic mass is 10.0. The molecule has 0 bridgehead atoms. The van der Waals surface area contributed by atoms with Crippen molar-refractivity contribution in [2.45, 2.75) is 0 Å². The number of hydrogen-bond donors (Lipinski definition) is 0. The van der Waals surface area contributed by atoms with Gasteiger partial charge in [-0.25, -0.2) is 0 Å². The largest absolute Gasteiger partial charge is 0.456 e. The van der Waals surface area contributed by atoms with Gasteiger partial charge in [-0.15, -0.1) is 11.3 Å². The van der Waals surface area contributed by atoms with E-state index < -0.39 is 0 Å². The molecule has 0 amide bonds. The summed E-state index contributed by atoms with van der Waals surface area (Å²) in [6.07, 6.45) is 0. The van der Waals surface area contributed by atoms with E-state index in [4.69, 9.17) is 4.42 Å². The van der Waals surface area contributed by atoms with Gasteiger partial charge >= 0.3 is 0 Å². The first-order chi connectivity index (χ1) is 18.3. The van der Waals surface area contributed by atoms with Crippen molar-refractivity contribution in [3.63, 3.8) is 0 Å². The molecule has 0 saturated carbocycles. The van der Waals surface area contributed by atoms with E-state index in [0.29, 0.717) is 0 Å². The number of thiophene rings is 1. The third kappa shape index (κ3) is 3.11. The first kappa shape index (κ1) is 20.6. The average Bonchev–Trinajstić information content (AvgIpc) is 3.52. The van der Waals surface area contributed by atoms with Gasteiger partial charge in [0.1, 0.15) is 11.2 Å². The van der Waals surface area contributed by atoms with Crippen molar-refractivity contribution in [2.75, 3.05) is 4.90 Å². The SMILES string of the molecule is c1ccc(N(c2ccc3oc4ccc5ccccc5c4c3c2)c2cccc3sc4ccccc4c23)cc1. The number of benzene rings is 6. The number of furan rings is 1. The van der Waals surface area contributed by atoms with E-state index >= 15 is 0 Å². The topological polar surface area (TPSA) is 16.4 Å². The molecule has 2 heterocycles. The molecular formula is C34H21NOS. The van der Waals surface area contributed by atoms with Crippen LogP contribution in [0.25, 0.3) is 52.9 Å². The number of rotatable bonds is 3. The highest BCUT2D eigenvalue weighted by atomic mass is 32.1. The fraction of sp³-hybridized carbons (Fsp3) is 0.